The van der Waals surface area contributed by atoms with E-state index < -0.39 is 0 Å². The van der Waals surface area contributed by atoms with E-state index in [4.69, 9.17) is 11.6 Å². The van der Waals surface area contributed by atoms with Crippen LogP contribution < -0.4 is 5.32 Å². The van der Waals surface area contributed by atoms with Gasteiger partial charge in [0.05, 0.1) is 9.26 Å². The smallest absolute Gasteiger partial charge is 0.131 e. The number of nitrogens with zero attached hydrogens (tertiary/aromatic N) is 1. The molecule has 1 aromatic rings. The highest BCUT2D eigenvalue weighted by atomic mass is 127. The first-order valence-corrected chi connectivity index (χ1v) is 6.79. The molecule has 2 nitrogen and oxygen atoms in total. The number of nitrogens with one attached hydrogen (secondary N) is 1. The van der Waals surface area contributed by atoms with Gasteiger partial charge in [-0.05, 0) is 41.5 Å². The van der Waals surface area contributed by atoms with Crippen molar-refractivity contribution in [1.29, 1.82) is 0 Å². The van der Waals surface area contributed by atoms with Crippen LogP contribution in [0.3, 0.4) is 0 Å². The Morgan fingerprint density at radius 2 is 2.07 bits per heavy atom. The third kappa shape index (κ3) is 3.21. The zero-order valence-electron chi connectivity index (χ0n) is 8.47. The molecule has 0 atom stereocenters. The molecule has 82 valence electrons. The quantitative estimate of drug-likeness (QED) is 0.650. The number of anilines is 1. The highest BCUT2D eigenvalue weighted by Crippen LogP contribution is 2.25. The second-order valence-electron chi connectivity index (χ2n) is 3.97. The standard InChI is InChI=1S/C11H14ClIN2/c12-11-6-10(9(13)7-14-11)15-8-4-2-1-3-5-8/h6-8H,1-5H2,(H,14,15). The fourth-order valence-corrected chi connectivity index (χ4v) is 2.60. The molecule has 0 bridgehead atoms. The molecule has 0 aliphatic heterocycles. The zero-order chi connectivity index (χ0) is 10.7. The lowest BCUT2D eigenvalue weighted by Gasteiger charge is -2.24. The molecular formula is C11H14ClIN2. The van der Waals surface area contributed by atoms with Crippen molar-refractivity contribution in [3.8, 4) is 0 Å². The van der Waals surface area contributed by atoms with Gasteiger partial charge in [-0.3, -0.25) is 0 Å². The third-order valence-electron chi connectivity index (χ3n) is 2.79. The summed E-state index contributed by atoms with van der Waals surface area (Å²) >= 11 is 8.17. The van der Waals surface area contributed by atoms with Crippen LogP contribution in [0, 0.1) is 3.57 Å². The summed E-state index contributed by atoms with van der Waals surface area (Å²) in [5.41, 5.74) is 1.13. The number of hydrogen-bond acceptors (Lipinski definition) is 2. The monoisotopic (exact) mass is 336 g/mol. The Morgan fingerprint density at radius 3 is 2.80 bits per heavy atom. The molecule has 1 aliphatic carbocycles. The molecule has 0 saturated heterocycles. The first-order valence-electron chi connectivity index (χ1n) is 5.33. The summed E-state index contributed by atoms with van der Waals surface area (Å²) in [5.74, 6) is 0. The lowest BCUT2D eigenvalue weighted by Crippen LogP contribution is -2.22. The van der Waals surface area contributed by atoms with Gasteiger partial charge in [0.15, 0.2) is 0 Å². The van der Waals surface area contributed by atoms with E-state index in [2.05, 4.69) is 32.9 Å². The van der Waals surface area contributed by atoms with Crippen LogP contribution in [0.2, 0.25) is 5.15 Å². The van der Waals surface area contributed by atoms with Crippen LogP contribution in [0.1, 0.15) is 32.1 Å². The van der Waals surface area contributed by atoms with Crippen LogP contribution in [0.4, 0.5) is 5.69 Å². The Morgan fingerprint density at radius 1 is 1.33 bits per heavy atom. The minimum atomic E-state index is 0.564. The molecule has 1 saturated carbocycles. The van der Waals surface area contributed by atoms with Crippen molar-refractivity contribution in [2.45, 2.75) is 38.1 Å². The molecule has 1 aromatic heterocycles. The predicted molar refractivity (Wildman–Crippen MR) is 72.5 cm³/mol. The molecule has 1 N–H and O–H groups in total. The zero-order valence-corrected chi connectivity index (χ0v) is 11.4. The van der Waals surface area contributed by atoms with Gasteiger partial charge >= 0.3 is 0 Å². The molecule has 0 amide bonds. The van der Waals surface area contributed by atoms with Gasteiger partial charge in [0.1, 0.15) is 5.15 Å². The number of aromatic nitrogens is 1. The predicted octanol–water partition coefficient (Wildman–Crippen LogP) is 4.08. The van der Waals surface area contributed by atoms with Gasteiger partial charge in [-0.2, -0.15) is 0 Å². The van der Waals surface area contributed by atoms with Gasteiger partial charge < -0.3 is 5.32 Å². The average Bonchev–Trinajstić information content (AvgIpc) is 2.25. The van der Waals surface area contributed by atoms with Crippen LogP contribution in [0.5, 0.6) is 0 Å². The summed E-state index contributed by atoms with van der Waals surface area (Å²) in [6, 6.07) is 2.53. The minimum Gasteiger partial charge on any atom is -0.381 e. The molecular weight excluding hydrogens is 322 g/mol. The van der Waals surface area contributed by atoms with E-state index in [-0.39, 0.29) is 0 Å². The summed E-state index contributed by atoms with van der Waals surface area (Å²) in [7, 11) is 0. The van der Waals surface area contributed by atoms with Crippen molar-refractivity contribution in [3.05, 3.63) is 21.0 Å². The largest absolute Gasteiger partial charge is 0.381 e. The normalized spacial score (nSPS) is 17.7. The maximum absolute atomic E-state index is 5.88. The SMILES string of the molecule is Clc1cc(NC2CCCCC2)c(I)cn1. The van der Waals surface area contributed by atoms with Gasteiger partial charge in [-0.25, -0.2) is 4.98 Å². The van der Waals surface area contributed by atoms with Crippen molar-refractivity contribution in [1.82, 2.24) is 4.98 Å². The maximum Gasteiger partial charge on any atom is 0.131 e. The Bertz CT molecular complexity index is 337. The van der Waals surface area contributed by atoms with E-state index in [9.17, 15) is 0 Å². The molecule has 1 aliphatic rings. The second kappa shape index (κ2) is 5.34. The molecule has 1 heterocycles. The average molecular weight is 337 g/mol. The number of hydrogen-bond donors (Lipinski definition) is 1. The van der Waals surface area contributed by atoms with E-state index in [0.29, 0.717) is 11.2 Å². The highest BCUT2D eigenvalue weighted by Gasteiger charge is 2.14. The van der Waals surface area contributed by atoms with Gasteiger partial charge in [-0.1, -0.05) is 30.9 Å². The van der Waals surface area contributed by atoms with Gasteiger partial charge in [0.25, 0.3) is 0 Å². The lowest BCUT2D eigenvalue weighted by molar-refractivity contribution is 0.462. The summed E-state index contributed by atoms with van der Waals surface area (Å²) in [6.07, 6.45) is 8.42. The van der Waals surface area contributed by atoms with Crippen LogP contribution in [0.15, 0.2) is 12.3 Å². The number of pyridine rings is 1. The Labute approximate surface area is 109 Å². The molecule has 4 heteroatoms. The van der Waals surface area contributed by atoms with Crippen LogP contribution in [-0.2, 0) is 0 Å². The van der Waals surface area contributed by atoms with Crippen LogP contribution in [-0.4, -0.2) is 11.0 Å². The van der Waals surface area contributed by atoms with Crippen molar-refractivity contribution in [2.75, 3.05) is 5.32 Å². The van der Waals surface area contributed by atoms with E-state index in [1.165, 1.54) is 32.1 Å². The molecule has 0 spiro atoms. The van der Waals surface area contributed by atoms with Crippen molar-refractivity contribution in [2.24, 2.45) is 0 Å². The van der Waals surface area contributed by atoms with E-state index in [0.717, 1.165) is 9.26 Å². The molecule has 15 heavy (non-hydrogen) atoms. The fourth-order valence-electron chi connectivity index (χ4n) is 1.99. The van der Waals surface area contributed by atoms with E-state index in [1.54, 1.807) is 0 Å². The molecule has 0 unspecified atom stereocenters. The lowest BCUT2D eigenvalue weighted by atomic mass is 9.95. The Kier molecular flexibility index (Phi) is 4.08. The van der Waals surface area contributed by atoms with Crippen molar-refractivity contribution >= 4 is 39.9 Å². The maximum atomic E-state index is 5.88. The van der Waals surface area contributed by atoms with Crippen LogP contribution in [0.25, 0.3) is 0 Å². The molecule has 0 radical (unpaired) electrons. The van der Waals surface area contributed by atoms with Crippen molar-refractivity contribution < 1.29 is 0 Å². The van der Waals surface area contributed by atoms with Crippen molar-refractivity contribution in [3.63, 3.8) is 0 Å². The van der Waals surface area contributed by atoms with E-state index in [1.807, 2.05) is 12.3 Å². The minimum absolute atomic E-state index is 0.564. The first-order chi connectivity index (χ1) is 7.25. The highest BCUT2D eigenvalue weighted by molar-refractivity contribution is 14.1. The molecule has 1 fully saturated rings. The third-order valence-corrected chi connectivity index (χ3v) is 3.85. The Balaban J connectivity index is 2.05. The topological polar surface area (TPSA) is 24.9 Å². The summed E-state index contributed by atoms with van der Waals surface area (Å²) in [5, 5.41) is 4.12. The summed E-state index contributed by atoms with van der Waals surface area (Å²) < 4.78 is 1.14. The molecule has 0 aromatic carbocycles. The van der Waals surface area contributed by atoms with Crippen LogP contribution >= 0.6 is 34.2 Å². The Hall–Kier alpha value is -0.0300. The van der Waals surface area contributed by atoms with E-state index >= 15 is 0 Å². The number of halogens is 2. The molecule has 2 rings (SSSR count). The van der Waals surface area contributed by atoms with Gasteiger partial charge in [-0.15, -0.1) is 0 Å². The van der Waals surface area contributed by atoms with Gasteiger partial charge in [0, 0.05) is 12.2 Å². The van der Waals surface area contributed by atoms with Gasteiger partial charge in [0.2, 0.25) is 0 Å². The summed E-state index contributed by atoms with van der Waals surface area (Å²) in [4.78, 5) is 4.05. The first kappa shape index (κ1) is 11.5. The summed E-state index contributed by atoms with van der Waals surface area (Å²) in [6.45, 7) is 0. The fraction of sp³-hybridized carbons (Fsp3) is 0.545. The number of rotatable bonds is 2. The second-order valence-corrected chi connectivity index (χ2v) is 5.52.